The zero-order chi connectivity index (χ0) is 29.6. The molecule has 0 aromatic heterocycles. The summed E-state index contributed by atoms with van der Waals surface area (Å²) in [5.41, 5.74) is 6.60. The molecule has 0 aliphatic rings. The Kier molecular flexibility index (Phi) is 10.3. The van der Waals surface area contributed by atoms with Crippen molar-refractivity contribution in [1.29, 1.82) is 0 Å². The van der Waals surface area contributed by atoms with Crippen molar-refractivity contribution in [2.45, 2.75) is 63.8 Å². The average Bonchev–Trinajstić information content (AvgIpc) is 2.90. The van der Waals surface area contributed by atoms with E-state index in [0.717, 1.165) is 26.7 Å². The summed E-state index contributed by atoms with van der Waals surface area (Å²) in [5.74, 6) is -0.605. The maximum atomic E-state index is 13.4. The summed E-state index contributed by atoms with van der Waals surface area (Å²) in [5, 5.41) is -0.123. The molecule has 0 radical (unpaired) electrons. The van der Waals surface area contributed by atoms with Crippen LogP contribution in [0.15, 0.2) is 83.8 Å². The number of carbonyl (C=O) groups is 1. The molecule has 0 bridgehead atoms. The van der Waals surface area contributed by atoms with E-state index in [1.165, 1.54) is 12.1 Å². The number of nitrogens with zero attached hydrogens (tertiary/aromatic N) is 1. The summed E-state index contributed by atoms with van der Waals surface area (Å²) in [7, 11) is -6.37. The summed E-state index contributed by atoms with van der Waals surface area (Å²) in [6.07, 6.45) is 3.43. The number of hydrogen-bond donors (Lipinski definition) is 1. The number of sulfonamides is 1. The zero-order valence-corrected chi connectivity index (χ0v) is 26.2. The van der Waals surface area contributed by atoms with E-state index in [4.69, 9.17) is 9.36 Å². The standard InChI is InChI=1S/C31H40N2O5SSi/c1-24(2)37-33(23-30(34)32-38-40(6,7)31(3,4)5)39(35,36)29-21-17-26(18-22-29)14-13-25-15-19-28(20-16-25)27-11-9-8-10-12-27/h8-22,24H,23H2,1-7H3,(H,32,34)/b14-13+. The van der Waals surface area contributed by atoms with Crippen molar-refractivity contribution in [2.24, 2.45) is 0 Å². The van der Waals surface area contributed by atoms with Crippen LogP contribution in [0.1, 0.15) is 45.7 Å². The smallest absolute Gasteiger partial charge is 0.265 e. The molecule has 7 nitrogen and oxygen atoms in total. The van der Waals surface area contributed by atoms with Crippen LogP contribution in [0.25, 0.3) is 23.3 Å². The largest absolute Gasteiger partial charge is 0.319 e. The normalized spacial score (nSPS) is 12.8. The Morgan fingerprint density at radius 1 is 0.875 bits per heavy atom. The van der Waals surface area contributed by atoms with Crippen LogP contribution in [0.5, 0.6) is 0 Å². The molecule has 3 rings (SSSR count). The van der Waals surface area contributed by atoms with Gasteiger partial charge in [0.15, 0.2) is 0 Å². The van der Waals surface area contributed by atoms with Crippen molar-refractivity contribution in [3.05, 3.63) is 90.0 Å². The third kappa shape index (κ3) is 8.46. The second-order valence-electron chi connectivity index (χ2n) is 11.4. The summed E-state index contributed by atoms with van der Waals surface area (Å²) >= 11 is 0. The fourth-order valence-electron chi connectivity index (χ4n) is 3.38. The highest BCUT2D eigenvalue weighted by Crippen LogP contribution is 2.35. The minimum Gasteiger partial charge on any atom is -0.319 e. The molecule has 0 heterocycles. The maximum absolute atomic E-state index is 13.4. The first-order valence-electron chi connectivity index (χ1n) is 13.3. The second kappa shape index (κ2) is 13.1. The van der Waals surface area contributed by atoms with E-state index in [1.807, 2.05) is 76.3 Å². The van der Waals surface area contributed by atoms with Gasteiger partial charge in [0, 0.05) is 0 Å². The van der Waals surface area contributed by atoms with Gasteiger partial charge in [0.25, 0.3) is 15.9 Å². The Hall–Kier alpha value is -3.08. The van der Waals surface area contributed by atoms with Gasteiger partial charge in [0.2, 0.25) is 8.32 Å². The topological polar surface area (TPSA) is 84.9 Å². The van der Waals surface area contributed by atoms with Crippen LogP contribution >= 0.6 is 0 Å². The molecule has 0 unspecified atom stereocenters. The molecular weight excluding hydrogens is 541 g/mol. The van der Waals surface area contributed by atoms with E-state index in [2.05, 4.69) is 29.7 Å². The van der Waals surface area contributed by atoms with Crippen molar-refractivity contribution in [3.8, 4) is 11.1 Å². The molecular formula is C31H40N2O5SSi. The molecule has 0 spiro atoms. The van der Waals surface area contributed by atoms with Gasteiger partial charge in [0.05, 0.1) is 11.0 Å². The van der Waals surface area contributed by atoms with E-state index in [-0.39, 0.29) is 9.93 Å². The Morgan fingerprint density at radius 3 is 1.88 bits per heavy atom. The van der Waals surface area contributed by atoms with Crippen molar-refractivity contribution < 1.29 is 22.6 Å². The molecule has 0 saturated carbocycles. The molecule has 3 aromatic rings. The molecule has 9 heteroatoms. The van der Waals surface area contributed by atoms with Gasteiger partial charge in [-0.25, -0.2) is 13.9 Å². The average molecular weight is 581 g/mol. The first-order chi connectivity index (χ1) is 18.7. The molecule has 40 heavy (non-hydrogen) atoms. The molecule has 1 amide bonds. The van der Waals surface area contributed by atoms with E-state index in [1.54, 1.807) is 26.0 Å². The Bertz CT molecular complexity index is 1400. The quantitative estimate of drug-likeness (QED) is 0.151. The second-order valence-corrected chi connectivity index (χ2v) is 18.0. The summed E-state index contributed by atoms with van der Waals surface area (Å²) in [6, 6.07) is 24.8. The fourth-order valence-corrected chi connectivity index (χ4v) is 5.34. The van der Waals surface area contributed by atoms with Crippen molar-refractivity contribution in [2.75, 3.05) is 6.54 Å². The van der Waals surface area contributed by atoms with Gasteiger partial charge in [-0.2, -0.15) is 0 Å². The van der Waals surface area contributed by atoms with Gasteiger partial charge in [-0.3, -0.25) is 9.63 Å². The molecule has 214 valence electrons. The fraction of sp³-hybridized carbons (Fsp3) is 0.323. The maximum Gasteiger partial charge on any atom is 0.265 e. The number of carbonyl (C=O) groups excluding carboxylic acids is 1. The summed E-state index contributed by atoms with van der Waals surface area (Å²) in [4.78, 5) is 18.2. The Morgan fingerprint density at radius 2 is 1.38 bits per heavy atom. The Balaban J connectivity index is 1.69. The number of nitrogens with one attached hydrogen (secondary N) is 1. The van der Waals surface area contributed by atoms with Crippen LogP contribution in [0.2, 0.25) is 18.1 Å². The predicted molar refractivity (Wildman–Crippen MR) is 164 cm³/mol. The van der Waals surface area contributed by atoms with Crippen molar-refractivity contribution in [3.63, 3.8) is 0 Å². The lowest BCUT2D eigenvalue weighted by Crippen LogP contribution is -2.49. The van der Waals surface area contributed by atoms with Gasteiger partial charge in [-0.1, -0.05) is 104 Å². The number of hydrogen-bond acceptors (Lipinski definition) is 5. The van der Waals surface area contributed by atoms with Crippen molar-refractivity contribution in [1.82, 2.24) is 9.95 Å². The molecule has 0 saturated heterocycles. The van der Waals surface area contributed by atoms with Crippen molar-refractivity contribution >= 4 is 36.4 Å². The monoisotopic (exact) mass is 580 g/mol. The molecule has 1 N–H and O–H groups in total. The minimum atomic E-state index is -4.11. The van der Waals surface area contributed by atoms with E-state index in [9.17, 15) is 13.2 Å². The first-order valence-corrected chi connectivity index (χ1v) is 17.6. The number of amides is 1. The van der Waals surface area contributed by atoms with Crippen LogP contribution < -0.4 is 5.48 Å². The van der Waals surface area contributed by atoms with Gasteiger partial charge in [0.1, 0.15) is 6.54 Å². The number of benzene rings is 3. The van der Waals surface area contributed by atoms with E-state index in [0.29, 0.717) is 0 Å². The van der Waals surface area contributed by atoms with Gasteiger partial charge < -0.3 is 4.53 Å². The highest BCUT2D eigenvalue weighted by Gasteiger charge is 2.39. The molecule has 0 atom stereocenters. The zero-order valence-electron chi connectivity index (χ0n) is 24.3. The van der Waals surface area contributed by atoms with Crippen LogP contribution in [0, 0.1) is 0 Å². The molecule has 0 aliphatic heterocycles. The molecule has 0 aliphatic carbocycles. The minimum absolute atomic E-state index is 0.0237. The van der Waals surface area contributed by atoms with Crippen LogP contribution in [-0.4, -0.2) is 39.8 Å². The van der Waals surface area contributed by atoms with E-state index >= 15 is 0 Å². The molecule has 3 aromatic carbocycles. The highest BCUT2D eigenvalue weighted by atomic mass is 32.2. The third-order valence-corrected chi connectivity index (χ3v) is 12.6. The number of hydroxylamine groups is 2. The summed E-state index contributed by atoms with van der Waals surface area (Å²) < 4.78 is 33.2. The third-order valence-electron chi connectivity index (χ3n) is 6.76. The lowest BCUT2D eigenvalue weighted by atomic mass is 10.0. The first kappa shape index (κ1) is 31.4. The predicted octanol–water partition coefficient (Wildman–Crippen LogP) is 6.91. The Labute approximate surface area is 239 Å². The van der Waals surface area contributed by atoms with Crippen LogP contribution in [0.4, 0.5) is 0 Å². The van der Waals surface area contributed by atoms with Gasteiger partial charge in [-0.15, -0.1) is 0 Å². The molecule has 0 fully saturated rings. The van der Waals surface area contributed by atoms with Gasteiger partial charge >= 0.3 is 0 Å². The van der Waals surface area contributed by atoms with Crippen LogP contribution in [-0.2, 0) is 24.2 Å². The SMILES string of the molecule is CC(C)ON(CC(=O)NO[Si](C)(C)C(C)(C)C)S(=O)(=O)c1ccc(/C=C/c2ccc(-c3ccccc3)cc2)cc1. The lowest BCUT2D eigenvalue weighted by Gasteiger charge is -2.35. The van der Waals surface area contributed by atoms with Crippen LogP contribution in [0.3, 0.4) is 0 Å². The summed E-state index contributed by atoms with van der Waals surface area (Å²) in [6.45, 7) is 13.0. The number of rotatable bonds is 11. The highest BCUT2D eigenvalue weighted by molar-refractivity contribution is 7.89. The van der Waals surface area contributed by atoms with Gasteiger partial charge in [-0.05, 0) is 66.4 Å². The lowest BCUT2D eigenvalue weighted by molar-refractivity contribution is -0.148. The van der Waals surface area contributed by atoms with E-state index < -0.39 is 36.9 Å².